The fourth-order valence-electron chi connectivity index (χ4n) is 1.79. The molecule has 2 rings (SSSR count). The van der Waals surface area contributed by atoms with Gasteiger partial charge in [0.25, 0.3) is 0 Å². The van der Waals surface area contributed by atoms with Gasteiger partial charge in [0, 0.05) is 13.2 Å². The molecule has 4 heteroatoms. The van der Waals surface area contributed by atoms with E-state index in [4.69, 9.17) is 14.9 Å². The van der Waals surface area contributed by atoms with Crippen molar-refractivity contribution in [2.75, 3.05) is 13.2 Å². The first-order chi connectivity index (χ1) is 6.38. The van der Waals surface area contributed by atoms with Gasteiger partial charge < -0.3 is 14.9 Å². The third kappa shape index (κ3) is 2.50. The predicted octanol–water partition coefficient (Wildman–Crippen LogP) is 2.13. The Hall–Kier alpha value is -0.510. The summed E-state index contributed by atoms with van der Waals surface area (Å²) in [5.74, 6) is 1.41. The summed E-state index contributed by atoms with van der Waals surface area (Å²) in [6, 6.07) is 3.87. The van der Waals surface area contributed by atoms with E-state index in [-0.39, 0.29) is 18.4 Å². The molecule has 80 valence electrons. The molecule has 0 aromatic carbocycles. The van der Waals surface area contributed by atoms with Crippen molar-refractivity contribution >= 4 is 12.4 Å². The van der Waals surface area contributed by atoms with Crippen LogP contribution in [0.5, 0.6) is 0 Å². The maximum absolute atomic E-state index is 6.06. The Morgan fingerprint density at radius 1 is 1.36 bits per heavy atom. The molecule has 1 atom stereocenters. The van der Waals surface area contributed by atoms with Crippen LogP contribution in [0.2, 0.25) is 0 Å². The highest BCUT2D eigenvalue weighted by atomic mass is 35.5. The lowest BCUT2D eigenvalue weighted by Crippen LogP contribution is -2.27. The van der Waals surface area contributed by atoms with Gasteiger partial charge in [-0.05, 0) is 30.9 Å². The molecule has 2 N–H and O–H groups in total. The summed E-state index contributed by atoms with van der Waals surface area (Å²) in [4.78, 5) is 0. The van der Waals surface area contributed by atoms with Crippen molar-refractivity contribution in [3.8, 4) is 0 Å². The van der Waals surface area contributed by atoms with Gasteiger partial charge in [-0.3, -0.25) is 0 Å². The smallest absolute Gasteiger partial charge is 0.120 e. The third-order valence-electron chi connectivity index (χ3n) is 2.65. The largest absolute Gasteiger partial charge is 0.468 e. The lowest BCUT2D eigenvalue weighted by atomic mass is 9.91. The SMILES string of the molecule is Cl.NC(c1ccco1)C1CCOCC1. The average Bonchev–Trinajstić information content (AvgIpc) is 2.71. The summed E-state index contributed by atoms with van der Waals surface area (Å²) in [6.45, 7) is 1.66. The van der Waals surface area contributed by atoms with Gasteiger partial charge >= 0.3 is 0 Å². The molecule has 0 amide bonds. The standard InChI is InChI=1S/C10H15NO2.ClH/c11-10(9-2-1-5-13-9)8-3-6-12-7-4-8;/h1-2,5,8,10H,3-4,6-7,11H2;1H. The highest BCUT2D eigenvalue weighted by Gasteiger charge is 2.23. The lowest BCUT2D eigenvalue weighted by Gasteiger charge is -2.26. The van der Waals surface area contributed by atoms with Crippen LogP contribution in [0.25, 0.3) is 0 Å². The Labute approximate surface area is 90.0 Å². The van der Waals surface area contributed by atoms with Crippen LogP contribution < -0.4 is 5.73 Å². The van der Waals surface area contributed by atoms with E-state index >= 15 is 0 Å². The molecule has 0 radical (unpaired) electrons. The molecule has 1 aromatic heterocycles. The van der Waals surface area contributed by atoms with Gasteiger partial charge in [0.1, 0.15) is 5.76 Å². The van der Waals surface area contributed by atoms with E-state index in [0.717, 1.165) is 31.8 Å². The minimum Gasteiger partial charge on any atom is -0.468 e. The summed E-state index contributed by atoms with van der Waals surface area (Å²) >= 11 is 0. The monoisotopic (exact) mass is 217 g/mol. The average molecular weight is 218 g/mol. The van der Waals surface area contributed by atoms with Gasteiger partial charge in [-0.2, -0.15) is 0 Å². The van der Waals surface area contributed by atoms with Crippen LogP contribution in [-0.4, -0.2) is 13.2 Å². The van der Waals surface area contributed by atoms with E-state index < -0.39 is 0 Å². The molecule has 0 spiro atoms. The Morgan fingerprint density at radius 3 is 2.64 bits per heavy atom. The van der Waals surface area contributed by atoms with Crippen molar-refractivity contribution < 1.29 is 9.15 Å². The lowest BCUT2D eigenvalue weighted by molar-refractivity contribution is 0.0560. The summed E-state index contributed by atoms with van der Waals surface area (Å²) in [6.07, 6.45) is 3.76. The van der Waals surface area contributed by atoms with Crippen LogP contribution >= 0.6 is 12.4 Å². The maximum Gasteiger partial charge on any atom is 0.120 e. The highest BCUT2D eigenvalue weighted by Crippen LogP contribution is 2.27. The quantitative estimate of drug-likeness (QED) is 0.826. The van der Waals surface area contributed by atoms with Crippen molar-refractivity contribution in [1.29, 1.82) is 0 Å². The fraction of sp³-hybridized carbons (Fsp3) is 0.600. The van der Waals surface area contributed by atoms with Gasteiger partial charge in [-0.15, -0.1) is 12.4 Å². The second-order valence-electron chi connectivity index (χ2n) is 3.49. The van der Waals surface area contributed by atoms with Crippen LogP contribution in [0.1, 0.15) is 24.6 Å². The van der Waals surface area contributed by atoms with E-state index in [0.29, 0.717) is 5.92 Å². The van der Waals surface area contributed by atoms with Crippen molar-refractivity contribution in [3.05, 3.63) is 24.2 Å². The second kappa shape index (κ2) is 5.39. The molecule has 2 heterocycles. The fourth-order valence-corrected chi connectivity index (χ4v) is 1.79. The zero-order chi connectivity index (χ0) is 9.10. The normalized spacial score (nSPS) is 20.1. The first-order valence-electron chi connectivity index (χ1n) is 4.74. The zero-order valence-electron chi connectivity index (χ0n) is 8.02. The van der Waals surface area contributed by atoms with Crippen LogP contribution in [0.15, 0.2) is 22.8 Å². The molecule has 1 fully saturated rings. The molecule has 1 aromatic rings. The molecule has 0 bridgehead atoms. The second-order valence-corrected chi connectivity index (χ2v) is 3.49. The topological polar surface area (TPSA) is 48.4 Å². The first-order valence-corrected chi connectivity index (χ1v) is 4.74. The molecule has 1 aliphatic heterocycles. The molecule has 1 aliphatic rings. The van der Waals surface area contributed by atoms with Gasteiger partial charge in [0.05, 0.1) is 12.3 Å². The van der Waals surface area contributed by atoms with Crippen molar-refractivity contribution in [1.82, 2.24) is 0 Å². The van der Waals surface area contributed by atoms with Crippen molar-refractivity contribution in [2.45, 2.75) is 18.9 Å². The highest BCUT2D eigenvalue weighted by molar-refractivity contribution is 5.85. The molecule has 14 heavy (non-hydrogen) atoms. The number of ether oxygens (including phenoxy) is 1. The van der Waals surface area contributed by atoms with Crippen LogP contribution in [-0.2, 0) is 4.74 Å². The van der Waals surface area contributed by atoms with Gasteiger partial charge in [-0.25, -0.2) is 0 Å². The number of nitrogens with two attached hydrogens (primary N) is 1. The minimum atomic E-state index is 0. The molecule has 0 aliphatic carbocycles. The number of hydrogen-bond acceptors (Lipinski definition) is 3. The summed E-state index contributed by atoms with van der Waals surface area (Å²) in [5.41, 5.74) is 6.06. The van der Waals surface area contributed by atoms with Crippen LogP contribution in [0.4, 0.5) is 0 Å². The van der Waals surface area contributed by atoms with Gasteiger partial charge in [-0.1, -0.05) is 0 Å². The number of hydrogen-bond donors (Lipinski definition) is 1. The Bertz CT molecular complexity index is 245. The number of halogens is 1. The van der Waals surface area contributed by atoms with Crippen LogP contribution in [0.3, 0.4) is 0 Å². The molecular weight excluding hydrogens is 202 g/mol. The zero-order valence-corrected chi connectivity index (χ0v) is 8.83. The summed E-state index contributed by atoms with van der Waals surface area (Å²) in [5, 5.41) is 0. The Kier molecular flexibility index (Phi) is 4.45. The first kappa shape index (κ1) is 11.6. The number of rotatable bonds is 2. The molecule has 0 saturated carbocycles. The van der Waals surface area contributed by atoms with Crippen molar-refractivity contribution in [3.63, 3.8) is 0 Å². The van der Waals surface area contributed by atoms with E-state index in [1.54, 1.807) is 6.26 Å². The molecule has 3 nitrogen and oxygen atoms in total. The summed E-state index contributed by atoms with van der Waals surface area (Å²) in [7, 11) is 0. The Morgan fingerprint density at radius 2 is 2.07 bits per heavy atom. The maximum atomic E-state index is 6.06. The van der Waals surface area contributed by atoms with Gasteiger partial charge in [0.15, 0.2) is 0 Å². The van der Waals surface area contributed by atoms with Crippen molar-refractivity contribution in [2.24, 2.45) is 11.7 Å². The minimum absolute atomic E-state index is 0. The predicted molar refractivity (Wildman–Crippen MR) is 56.4 cm³/mol. The van der Waals surface area contributed by atoms with E-state index in [1.807, 2.05) is 12.1 Å². The van der Waals surface area contributed by atoms with E-state index in [1.165, 1.54) is 0 Å². The van der Waals surface area contributed by atoms with E-state index in [9.17, 15) is 0 Å². The number of furan rings is 1. The van der Waals surface area contributed by atoms with Gasteiger partial charge in [0.2, 0.25) is 0 Å². The third-order valence-corrected chi connectivity index (χ3v) is 2.65. The summed E-state index contributed by atoms with van der Waals surface area (Å²) < 4.78 is 10.6. The Balaban J connectivity index is 0.000000980. The molecule has 1 saturated heterocycles. The molecular formula is C10H16ClNO2. The molecule has 1 unspecified atom stereocenters. The van der Waals surface area contributed by atoms with Crippen LogP contribution in [0, 0.1) is 5.92 Å². The van der Waals surface area contributed by atoms with E-state index in [2.05, 4.69) is 0 Å².